The molecule has 0 radical (unpaired) electrons. The zero-order chi connectivity index (χ0) is 29.7. The molecule has 1 saturated heterocycles. The summed E-state index contributed by atoms with van der Waals surface area (Å²) in [6, 6.07) is 5.52. The molecule has 1 fully saturated rings. The van der Waals surface area contributed by atoms with Gasteiger partial charge in [-0.05, 0) is 49.9 Å². The Morgan fingerprint density at radius 1 is 1.05 bits per heavy atom. The first kappa shape index (κ1) is 31.0. The first-order valence-electron chi connectivity index (χ1n) is 11.7. The molecule has 0 spiro atoms. The number of benzene rings is 1. The van der Waals surface area contributed by atoms with Crippen LogP contribution in [0.2, 0.25) is 0 Å². The Morgan fingerprint density at radius 2 is 1.60 bits per heavy atom. The summed E-state index contributed by atoms with van der Waals surface area (Å²) in [6.07, 6.45) is -17.4. The third-order valence-corrected chi connectivity index (χ3v) is 7.16. The van der Waals surface area contributed by atoms with Crippen LogP contribution in [0, 0.1) is 5.92 Å². The Bertz CT molecular complexity index is 1270. The zero-order valence-corrected chi connectivity index (χ0v) is 21.7. The van der Waals surface area contributed by atoms with Gasteiger partial charge < -0.3 is 14.4 Å². The van der Waals surface area contributed by atoms with Crippen molar-refractivity contribution in [1.29, 1.82) is 0 Å². The van der Waals surface area contributed by atoms with E-state index < -0.39 is 34.6 Å². The quantitative estimate of drug-likeness (QED) is 0.339. The Hall–Kier alpha value is -3.54. The van der Waals surface area contributed by atoms with E-state index in [1.165, 1.54) is 24.3 Å². The number of nitrogens with one attached hydrogen (secondary N) is 1. The van der Waals surface area contributed by atoms with Crippen LogP contribution in [0.25, 0.3) is 17.1 Å². The molecule has 1 aromatic heterocycles. The Labute approximate surface area is 224 Å². The van der Waals surface area contributed by atoms with E-state index in [1.54, 1.807) is 6.92 Å². The Morgan fingerprint density at radius 3 is 2.10 bits per heavy atom. The molecule has 220 valence electrons. The first-order valence-corrected chi connectivity index (χ1v) is 13.2. The molecular weight excluding hydrogens is 574 g/mol. The van der Waals surface area contributed by atoms with Crippen molar-refractivity contribution in [3.8, 4) is 11.4 Å². The van der Waals surface area contributed by atoms with Crippen LogP contribution in [0.5, 0.6) is 0 Å². The predicted molar refractivity (Wildman–Crippen MR) is 126 cm³/mol. The molecule has 18 heteroatoms. The summed E-state index contributed by atoms with van der Waals surface area (Å²) < 4.78 is 112. The zero-order valence-electron chi connectivity index (χ0n) is 20.9. The second kappa shape index (κ2) is 12.3. The smallest absolute Gasteiger partial charge is 0.434 e. The Balaban J connectivity index is 1.52. The molecule has 1 aliphatic rings. The molecule has 11 nitrogen and oxygen atoms in total. The van der Waals surface area contributed by atoms with E-state index in [0.717, 1.165) is 4.90 Å². The van der Waals surface area contributed by atoms with Crippen molar-refractivity contribution >= 4 is 21.9 Å². The molecule has 3 rings (SSSR count). The van der Waals surface area contributed by atoms with Gasteiger partial charge in [-0.3, -0.25) is 0 Å². The van der Waals surface area contributed by atoms with Crippen LogP contribution in [0.4, 0.5) is 31.1 Å². The average Bonchev–Trinajstić information content (AvgIpc) is 2.90. The van der Waals surface area contributed by atoms with Gasteiger partial charge >= 0.3 is 18.4 Å². The fourth-order valence-corrected chi connectivity index (χ4v) is 4.72. The number of sulfonamides is 1. The molecule has 0 saturated carbocycles. The summed E-state index contributed by atoms with van der Waals surface area (Å²) in [4.78, 5) is 12.5. The minimum atomic E-state index is -5.81. The van der Waals surface area contributed by atoms with Gasteiger partial charge in [-0.15, -0.1) is 20.4 Å². The SMILES string of the molecule is C=C(OCC)c1nnc(-c2ccc(S(=O)(=O)NCC3CCN(C(=O)OC(C(F)(F)F)C(F)(F)F)CC3)cc2)nn1. The van der Waals surface area contributed by atoms with Crippen molar-refractivity contribution in [1.82, 2.24) is 30.0 Å². The number of alkyl halides is 6. The number of hydrogen-bond donors (Lipinski definition) is 1. The third-order valence-electron chi connectivity index (χ3n) is 5.72. The maximum atomic E-state index is 12.7. The third kappa shape index (κ3) is 8.00. The van der Waals surface area contributed by atoms with E-state index in [-0.39, 0.29) is 60.7 Å². The maximum absolute atomic E-state index is 12.7. The molecule has 0 atom stereocenters. The fraction of sp³-hybridized carbons (Fsp3) is 0.500. The molecular formula is C22H24F6N6O5S. The fourth-order valence-electron chi connectivity index (χ4n) is 3.60. The summed E-state index contributed by atoms with van der Waals surface area (Å²) in [7, 11) is -3.97. The highest BCUT2D eigenvalue weighted by atomic mass is 32.2. The van der Waals surface area contributed by atoms with E-state index in [0.29, 0.717) is 12.2 Å². The second-order valence-corrected chi connectivity index (χ2v) is 10.3. The van der Waals surface area contributed by atoms with Crippen LogP contribution >= 0.6 is 0 Å². The second-order valence-electron chi connectivity index (χ2n) is 8.56. The maximum Gasteiger partial charge on any atom is 0.434 e. The molecule has 2 heterocycles. The topological polar surface area (TPSA) is 136 Å². The molecule has 0 aliphatic carbocycles. The highest BCUT2D eigenvalue weighted by Crippen LogP contribution is 2.36. The van der Waals surface area contributed by atoms with Crippen molar-refractivity contribution in [3.63, 3.8) is 0 Å². The molecule has 1 amide bonds. The van der Waals surface area contributed by atoms with Gasteiger partial charge in [0.15, 0.2) is 5.76 Å². The van der Waals surface area contributed by atoms with E-state index in [1.807, 2.05) is 0 Å². The van der Waals surface area contributed by atoms with Crippen LogP contribution in [0.1, 0.15) is 25.6 Å². The lowest BCUT2D eigenvalue weighted by atomic mass is 9.97. The van der Waals surface area contributed by atoms with E-state index >= 15 is 0 Å². The summed E-state index contributed by atoms with van der Waals surface area (Å²) in [5.41, 5.74) is 0.435. The molecule has 1 N–H and O–H groups in total. The lowest BCUT2D eigenvalue weighted by Crippen LogP contribution is -2.49. The van der Waals surface area contributed by atoms with Gasteiger partial charge in [-0.1, -0.05) is 6.58 Å². The van der Waals surface area contributed by atoms with Gasteiger partial charge in [0, 0.05) is 25.2 Å². The minimum Gasteiger partial charge on any atom is -0.490 e. The molecule has 2 aromatic rings. The molecule has 0 bridgehead atoms. The van der Waals surface area contributed by atoms with Gasteiger partial charge in [0.2, 0.25) is 21.7 Å². The van der Waals surface area contributed by atoms with Crippen LogP contribution in [0.3, 0.4) is 0 Å². The lowest BCUT2D eigenvalue weighted by molar-refractivity contribution is -0.308. The van der Waals surface area contributed by atoms with Gasteiger partial charge in [-0.2, -0.15) is 26.3 Å². The van der Waals surface area contributed by atoms with Crippen molar-refractivity contribution in [2.45, 2.75) is 43.1 Å². The summed E-state index contributed by atoms with van der Waals surface area (Å²) in [5, 5.41) is 15.6. The average molecular weight is 599 g/mol. The van der Waals surface area contributed by atoms with Crippen molar-refractivity contribution in [2.75, 3.05) is 26.2 Å². The summed E-state index contributed by atoms with van der Waals surface area (Å²) in [6.45, 7) is 5.28. The molecule has 1 aromatic carbocycles. The predicted octanol–water partition coefficient (Wildman–Crippen LogP) is 3.56. The van der Waals surface area contributed by atoms with E-state index in [9.17, 15) is 39.6 Å². The number of halogens is 6. The molecule has 1 aliphatic heterocycles. The van der Waals surface area contributed by atoms with Gasteiger partial charge in [0.05, 0.1) is 11.5 Å². The number of amides is 1. The van der Waals surface area contributed by atoms with Gasteiger partial charge in [-0.25, -0.2) is 17.9 Å². The number of hydrogen-bond acceptors (Lipinski definition) is 9. The van der Waals surface area contributed by atoms with Crippen LogP contribution < -0.4 is 4.72 Å². The van der Waals surface area contributed by atoms with E-state index in [4.69, 9.17) is 4.74 Å². The van der Waals surface area contributed by atoms with Crippen LogP contribution in [0.15, 0.2) is 35.7 Å². The number of carbonyl (C=O) groups is 1. The van der Waals surface area contributed by atoms with Crippen LogP contribution in [-0.2, 0) is 19.5 Å². The first-order chi connectivity index (χ1) is 18.6. The van der Waals surface area contributed by atoms with E-state index in [2.05, 4.69) is 36.4 Å². The molecule has 40 heavy (non-hydrogen) atoms. The molecule has 0 unspecified atom stereocenters. The number of ether oxygens (including phenoxy) is 2. The van der Waals surface area contributed by atoms with Crippen molar-refractivity contribution < 1.29 is 49.0 Å². The Kier molecular flexibility index (Phi) is 9.55. The standard InChI is InChI=1S/C22H24F6N6O5S/c1-3-38-13(2)17-30-32-18(33-31-17)15-4-6-16(7-5-15)40(36,37)29-12-14-8-10-34(11-9-14)20(35)39-19(21(23,24)25)22(26,27)28/h4-7,14,19,29H,2-3,8-12H2,1H3. The number of nitrogens with zero attached hydrogens (tertiary/aromatic N) is 5. The summed E-state index contributed by atoms with van der Waals surface area (Å²) in [5.74, 6) is 0.105. The van der Waals surface area contributed by atoms with Gasteiger partial charge in [0.25, 0.3) is 6.10 Å². The highest BCUT2D eigenvalue weighted by molar-refractivity contribution is 7.89. The number of piperidine rings is 1. The largest absolute Gasteiger partial charge is 0.490 e. The number of aromatic nitrogens is 4. The van der Waals surface area contributed by atoms with Crippen LogP contribution in [-0.4, -0.2) is 84.5 Å². The number of carbonyl (C=O) groups excluding carboxylic acids is 1. The van der Waals surface area contributed by atoms with Crippen molar-refractivity contribution in [3.05, 3.63) is 36.7 Å². The number of rotatable bonds is 9. The highest BCUT2D eigenvalue weighted by Gasteiger charge is 2.60. The normalized spacial score (nSPS) is 15.2. The van der Waals surface area contributed by atoms with Gasteiger partial charge in [0.1, 0.15) is 0 Å². The summed E-state index contributed by atoms with van der Waals surface area (Å²) >= 11 is 0. The minimum absolute atomic E-state index is 0.0666. The lowest BCUT2D eigenvalue weighted by Gasteiger charge is -2.33. The number of likely N-dealkylation sites (tertiary alicyclic amines) is 1. The monoisotopic (exact) mass is 598 g/mol. The van der Waals surface area contributed by atoms with Crippen molar-refractivity contribution in [2.24, 2.45) is 5.92 Å².